The zero-order chi connectivity index (χ0) is 17.4. The number of amides is 1. The molecule has 0 radical (unpaired) electrons. The molecule has 1 saturated carbocycles. The quantitative estimate of drug-likeness (QED) is 0.706. The smallest absolute Gasteiger partial charge is 0.257 e. The Hall–Kier alpha value is -2.60. The molecule has 3 aromatic rings. The number of hydrogen-bond acceptors (Lipinski definition) is 3. The van der Waals surface area contributed by atoms with E-state index in [0.29, 0.717) is 17.1 Å². The van der Waals surface area contributed by atoms with Gasteiger partial charge in [0.15, 0.2) is 0 Å². The lowest BCUT2D eigenvalue weighted by Gasteiger charge is -2.21. The number of carbonyl (C=O) groups excluding carboxylic acids is 1. The van der Waals surface area contributed by atoms with Gasteiger partial charge >= 0.3 is 0 Å². The second-order valence-corrected chi connectivity index (χ2v) is 6.65. The van der Waals surface area contributed by atoms with E-state index in [-0.39, 0.29) is 11.9 Å². The first-order valence-electron chi connectivity index (χ1n) is 8.20. The molecule has 0 N–H and O–H groups in total. The van der Waals surface area contributed by atoms with Gasteiger partial charge in [0.2, 0.25) is 0 Å². The summed E-state index contributed by atoms with van der Waals surface area (Å²) in [6.07, 6.45) is 9.04. The van der Waals surface area contributed by atoms with Crippen molar-refractivity contribution in [1.82, 2.24) is 24.2 Å². The van der Waals surface area contributed by atoms with Crippen LogP contribution in [0.5, 0.6) is 0 Å². The Balaban J connectivity index is 1.59. The lowest BCUT2D eigenvalue weighted by Crippen LogP contribution is -2.33. The van der Waals surface area contributed by atoms with Gasteiger partial charge in [-0.25, -0.2) is 9.67 Å². The minimum atomic E-state index is -0.0243. The van der Waals surface area contributed by atoms with E-state index in [9.17, 15) is 4.79 Å². The van der Waals surface area contributed by atoms with E-state index in [0.717, 1.165) is 24.4 Å². The third-order valence-corrected chi connectivity index (χ3v) is 4.73. The molecule has 6 nitrogen and oxygen atoms in total. The van der Waals surface area contributed by atoms with Gasteiger partial charge in [0.1, 0.15) is 5.82 Å². The average Bonchev–Trinajstić information content (AvgIpc) is 3.18. The van der Waals surface area contributed by atoms with Crippen molar-refractivity contribution in [2.24, 2.45) is 7.05 Å². The van der Waals surface area contributed by atoms with Gasteiger partial charge in [0.05, 0.1) is 29.0 Å². The van der Waals surface area contributed by atoms with Gasteiger partial charge in [-0.3, -0.25) is 4.79 Å². The Morgan fingerprint density at radius 3 is 2.84 bits per heavy atom. The highest BCUT2D eigenvalue weighted by Gasteiger charge is 2.34. The topological polar surface area (TPSA) is 56.0 Å². The molecular formula is C18H18ClN5O. The van der Waals surface area contributed by atoms with Gasteiger partial charge in [-0.15, -0.1) is 0 Å². The van der Waals surface area contributed by atoms with E-state index in [4.69, 9.17) is 11.6 Å². The van der Waals surface area contributed by atoms with Crippen LogP contribution in [-0.2, 0) is 13.6 Å². The van der Waals surface area contributed by atoms with Crippen molar-refractivity contribution in [2.45, 2.75) is 25.4 Å². The third kappa shape index (κ3) is 3.17. The zero-order valence-corrected chi connectivity index (χ0v) is 14.6. The van der Waals surface area contributed by atoms with E-state index in [1.165, 1.54) is 0 Å². The molecule has 25 heavy (non-hydrogen) atoms. The van der Waals surface area contributed by atoms with Crippen molar-refractivity contribution >= 4 is 17.5 Å². The molecule has 0 atom stereocenters. The van der Waals surface area contributed by atoms with Gasteiger partial charge in [-0.05, 0) is 25.0 Å². The number of halogens is 1. The van der Waals surface area contributed by atoms with Crippen molar-refractivity contribution in [3.63, 3.8) is 0 Å². The molecule has 0 unspecified atom stereocenters. The predicted molar refractivity (Wildman–Crippen MR) is 94.7 cm³/mol. The number of benzene rings is 1. The summed E-state index contributed by atoms with van der Waals surface area (Å²) < 4.78 is 3.58. The van der Waals surface area contributed by atoms with E-state index < -0.39 is 0 Å². The van der Waals surface area contributed by atoms with Crippen LogP contribution in [0.3, 0.4) is 0 Å². The van der Waals surface area contributed by atoms with Crippen LogP contribution in [-0.4, -0.2) is 36.2 Å². The molecule has 4 rings (SSSR count). The molecule has 0 aliphatic heterocycles. The first-order chi connectivity index (χ1) is 12.1. The molecular weight excluding hydrogens is 338 g/mol. The molecule has 1 aromatic carbocycles. The fourth-order valence-corrected chi connectivity index (χ4v) is 3.04. The minimum absolute atomic E-state index is 0.0243. The van der Waals surface area contributed by atoms with Crippen LogP contribution in [0.25, 0.3) is 5.69 Å². The highest BCUT2D eigenvalue weighted by molar-refractivity contribution is 6.32. The molecule has 0 saturated heterocycles. The first-order valence-corrected chi connectivity index (χ1v) is 8.58. The largest absolute Gasteiger partial charge is 0.337 e. The van der Waals surface area contributed by atoms with Crippen LogP contribution in [0.4, 0.5) is 0 Å². The Morgan fingerprint density at radius 1 is 1.36 bits per heavy atom. The number of nitrogens with zero attached hydrogens (tertiary/aromatic N) is 5. The van der Waals surface area contributed by atoms with Crippen LogP contribution < -0.4 is 0 Å². The normalized spacial score (nSPS) is 13.8. The summed E-state index contributed by atoms with van der Waals surface area (Å²) in [5.41, 5.74) is 1.31. The lowest BCUT2D eigenvalue weighted by atomic mass is 10.3. The van der Waals surface area contributed by atoms with Gasteiger partial charge in [0.25, 0.3) is 5.91 Å². The number of imidazole rings is 1. The monoisotopic (exact) mass is 355 g/mol. The highest BCUT2D eigenvalue weighted by Crippen LogP contribution is 2.30. The molecule has 7 heteroatoms. The Kier molecular flexibility index (Phi) is 4.05. The van der Waals surface area contributed by atoms with Crippen molar-refractivity contribution < 1.29 is 4.79 Å². The third-order valence-electron chi connectivity index (χ3n) is 4.41. The second kappa shape index (κ2) is 6.37. The maximum atomic E-state index is 13.0. The summed E-state index contributed by atoms with van der Waals surface area (Å²) in [6, 6.07) is 7.71. The number of rotatable bonds is 5. The van der Waals surface area contributed by atoms with Crippen molar-refractivity contribution in [3.8, 4) is 5.69 Å². The summed E-state index contributed by atoms with van der Waals surface area (Å²) >= 11 is 6.22. The molecule has 1 aliphatic carbocycles. The zero-order valence-electron chi connectivity index (χ0n) is 13.8. The molecule has 1 fully saturated rings. The maximum absolute atomic E-state index is 13.0. The predicted octanol–water partition coefficient (Wildman–Crippen LogP) is 3.06. The molecule has 2 aromatic heterocycles. The maximum Gasteiger partial charge on any atom is 0.257 e. The molecule has 128 valence electrons. The van der Waals surface area contributed by atoms with Gasteiger partial charge in [0, 0.05) is 31.7 Å². The summed E-state index contributed by atoms with van der Waals surface area (Å²) in [6.45, 7) is 0.504. The Labute approximate surface area is 150 Å². The molecule has 0 spiro atoms. The van der Waals surface area contributed by atoms with Crippen LogP contribution in [0.1, 0.15) is 29.0 Å². The van der Waals surface area contributed by atoms with Crippen molar-refractivity contribution in [3.05, 3.63) is 65.5 Å². The second-order valence-electron chi connectivity index (χ2n) is 6.24. The van der Waals surface area contributed by atoms with E-state index in [1.54, 1.807) is 29.3 Å². The van der Waals surface area contributed by atoms with E-state index in [2.05, 4.69) is 10.1 Å². The Bertz CT molecular complexity index is 912. The van der Waals surface area contributed by atoms with Gasteiger partial charge in [-0.2, -0.15) is 5.10 Å². The Morgan fingerprint density at radius 2 is 2.16 bits per heavy atom. The number of aromatic nitrogens is 4. The van der Waals surface area contributed by atoms with Gasteiger partial charge in [-0.1, -0.05) is 23.7 Å². The van der Waals surface area contributed by atoms with Crippen molar-refractivity contribution in [1.29, 1.82) is 0 Å². The van der Waals surface area contributed by atoms with Gasteiger partial charge < -0.3 is 9.47 Å². The van der Waals surface area contributed by atoms with Crippen LogP contribution in [0.15, 0.2) is 49.1 Å². The first kappa shape index (κ1) is 15.9. The number of para-hydroxylation sites is 1. The minimum Gasteiger partial charge on any atom is -0.337 e. The molecule has 0 bridgehead atoms. The summed E-state index contributed by atoms with van der Waals surface area (Å²) in [4.78, 5) is 19.2. The fraction of sp³-hybridized carbons (Fsp3) is 0.278. The average molecular weight is 356 g/mol. The number of aryl methyl sites for hydroxylation is 1. The number of carbonyl (C=O) groups is 1. The highest BCUT2D eigenvalue weighted by atomic mass is 35.5. The van der Waals surface area contributed by atoms with Crippen LogP contribution in [0.2, 0.25) is 5.02 Å². The fourth-order valence-electron chi connectivity index (χ4n) is 2.82. The van der Waals surface area contributed by atoms with Crippen molar-refractivity contribution in [2.75, 3.05) is 0 Å². The molecule has 2 heterocycles. The lowest BCUT2D eigenvalue weighted by molar-refractivity contribution is 0.0724. The summed E-state index contributed by atoms with van der Waals surface area (Å²) in [5, 5.41) is 4.90. The summed E-state index contributed by atoms with van der Waals surface area (Å²) in [5.74, 6) is 0.850. The van der Waals surface area contributed by atoms with E-state index >= 15 is 0 Å². The standard InChI is InChI=1S/C18H18ClN5O/c1-22-9-8-20-17(22)12-23(14-6-7-14)18(25)13-10-21-24(11-13)16-5-3-2-4-15(16)19/h2-5,8-11,14H,6-7,12H2,1H3. The summed E-state index contributed by atoms with van der Waals surface area (Å²) in [7, 11) is 1.94. The van der Waals surface area contributed by atoms with Crippen LogP contribution in [0, 0.1) is 0 Å². The number of hydrogen-bond donors (Lipinski definition) is 0. The van der Waals surface area contributed by atoms with Crippen LogP contribution >= 0.6 is 11.6 Å². The SMILES string of the molecule is Cn1ccnc1CN(C(=O)c1cnn(-c2ccccc2Cl)c1)C1CC1. The molecule has 1 amide bonds. The van der Waals surface area contributed by atoms with E-state index in [1.807, 2.05) is 40.9 Å². The molecule has 1 aliphatic rings.